The highest BCUT2D eigenvalue weighted by Gasteiger charge is 2.28. The lowest BCUT2D eigenvalue weighted by Gasteiger charge is -2.37. The summed E-state index contributed by atoms with van der Waals surface area (Å²) in [5, 5.41) is 18.6. The summed E-state index contributed by atoms with van der Waals surface area (Å²) >= 11 is 0. The Bertz CT molecular complexity index is 1570. The van der Waals surface area contributed by atoms with Gasteiger partial charge in [-0.15, -0.1) is 0 Å². The number of rotatable bonds is 6. The van der Waals surface area contributed by atoms with Gasteiger partial charge in [0.25, 0.3) is 5.91 Å². The molecule has 0 spiro atoms. The highest BCUT2D eigenvalue weighted by molar-refractivity contribution is 7.89. The Kier molecular flexibility index (Phi) is 7.70. The number of piperazine rings is 1. The third kappa shape index (κ3) is 5.62. The minimum absolute atomic E-state index is 0.0315. The second-order valence-corrected chi connectivity index (χ2v) is 12.0. The molecule has 0 aliphatic carbocycles. The van der Waals surface area contributed by atoms with Crippen LogP contribution in [0, 0.1) is 25.2 Å². The van der Waals surface area contributed by atoms with Gasteiger partial charge in [-0.25, -0.2) is 13.6 Å². The number of para-hydroxylation sites is 2. The van der Waals surface area contributed by atoms with E-state index in [-0.39, 0.29) is 16.8 Å². The highest BCUT2D eigenvalue weighted by Crippen LogP contribution is 2.29. The number of aryl methyl sites for hydroxylation is 2. The zero-order valence-corrected chi connectivity index (χ0v) is 23.6. The number of amides is 1. The number of nitrogens with two attached hydrogens (primary N) is 1. The topological polar surface area (TPSA) is 123 Å². The lowest BCUT2D eigenvalue weighted by molar-refractivity contribution is 0.0746. The van der Waals surface area contributed by atoms with Crippen LogP contribution in [0.2, 0.25) is 0 Å². The zero-order valence-electron chi connectivity index (χ0n) is 22.8. The third-order valence-corrected chi connectivity index (χ3v) is 8.75. The summed E-state index contributed by atoms with van der Waals surface area (Å²) in [5.74, 6) is -0.0315. The van der Waals surface area contributed by atoms with E-state index in [0.29, 0.717) is 43.0 Å². The molecule has 0 bridgehead atoms. The number of benzene rings is 3. The fraction of sp³-hybridized carbons (Fsp3) is 0.333. The minimum atomic E-state index is -3.85. The van der Waals surface area contributed by atoms with Gasteiger partial charge in [-0.2, -0.15) is 5.26 Å². The molecule has 3 aromatic carbocycles. The normalized spacial score (nSPS) is 17.6. The largest absolute Gasteiger partial charge is 0.380 e. The van der Waals surface area contributed by atoms with E-state index in [9.17, 15) is 18.5 Å². The minimum Gasteiger partial charge on any atom is -0.380 e. The molecule has 2 heterocycles. The van der Waals surface area contributed by atoms with Gasteiger partial charge in [0.15, 0.2) is 0 Å². The van der Waals surface area contributed by atoms with Crippen LogP contribution in [-0.2, 0) is 10.0 Å². The first-order valence-corrected chi connectivity index (χ1v) is 15.0. The van der Waals surface area contributed by atoms with Crippen molar-refractivity contribution >= 4 is 33.0 Å². The quantitative estimate of drug-likeness (QED) is 0.475. The Hall–Kier alpha value is -4.07. The fourth-order valence-corrected chi connectivity index (χ4v) is 6.44. The van der Waals surface area contributed by atoms with Crippen LogP contribution >= 0.6 is 0 Å². The molecule has 0 saturated carbocycles. The average molecular weight is 559 g/mol. The Labute approximate surface area is 235 Å². The van der Waals surface area contributed by atoms with Gasteiger partial charge in [0.1, 0.15) is 11.0 Å². The molecule has 2 aliphatic rings. The molecule has 2 aliphatic heterocycles. The van der Waals surface area contributed by atoms with E-state index in [2.05, 4.69) is 16.3 Å². The Morgan fingerprint density at radius 1 is 0.925 bits per heavy atom. The summed E-state index contributed by atoms with van der Waals surface area (Å²) in [6.07, 6.45) is 0.929. The first-order chi connectivity index (χ1) is 19.2. The van der Waals surface area contributed by atoms with E-state index in [4.69, 9.17) is 5.14 Å². The summed E-state index contributed by atoms with van der Waals surface area (Å²) in [5.41, 5.74) is 5.80. The molecule has 0 aromatic heterocycles. The summed E-state index contributed by atoms with van der Waals surface area (Å²) in [4.78, 5) is 19.8. The molecule has 2 saturated heterocycles. The van der Waals surface area contributed by atoms with Crippen molar-refractivity contribution in [2.24, 2.45) is 5.14 Å². The van der Waals surface area contributed by atoms with Crippen molar-refractivity contribution in [2.75, 3.05) is 54.4 Å². The van der Waals surface area contributed by atoms with Gasteiger partial charge >= 0.3 is 0 Å². The lowest BCUT2D eigenvalue weighted by Crippen LogP contribution is -2.49. The van der Waals surface area contributed by atoms with Crippen molar-refractivity contribution < 1.29 is 13.2 Å². The molecule has 1 atom stereocenters. The van der Waals surface area contributed by atoms with Crippen LogP contribution in [0.1, 0.15) is 33.5 Å². The van der Waals surface area contributed by atoms with E-state index in [0.717, 1.165) is 42.0 Å². The van der Waals surface area contributed by atoms with Gasteiger partial charge in [0.2, 0.25) is 10.0 Å². The molecule has 5 rings (SSSR count). The number of hydrogen-bond acceptors (Lipinski definition) is 7. The number of primary sulfonamides is 1. The van der Waals surface area contributed by atoms with Crippen LogP contribution in [0.15, 0.2) is 65.6 Å². The van der Waals surface area contributed by atoms with Crippen LogP contribution < -0.4 is 20.3 Å². The second kappa shape index (κ2) is 11.2. The van der Waals surface area contributed by atoms with Crippen LogP contribution in [0.4, 0.5) is 17.1 Å². The first kappa shape index (κ1) is 27.5. The van der Waals surface area contributed by atoms with Gasteiger partial charge in [-0.3, -0.25) is 4.79 Å². The van der Waals surface area contributed by atoms with Crippen LogP contribution in [0.5, 0.6) is 0 Å². The van der Waals surface area contributed by atoms with E-state index in [1.54, 1.807) is 18.2 Å². The van der Waals surface area contributed by atoms with Crippen LogP contribution in [0.25, 0.3) is 0 Å². The summed E-state index contributed by atoms with van der Waals surface area (Å²) in [6.45, 7) is 7.60. The molecule has 40 heavy (non-hydrogen) atoms. The maximum atomic E-state index is 13.6. The summed E-state index contributed by atoms with van der Waals surface area (Å²) in [6, 6.07) is 20.9. The van der Waals surface area contributed by atoms with Crippen molar-refractivity contribution in [2.45, 2.75) is 31.2 Å². The zero-order chi connectivity index (χ0) is 28.4. The number of nitrogens with zero attached hydrogens (tertiary/aromatic N) is 4. The van der Waals surface area contributed by atoms with E-state index in [1.807, 2.05) is 60.0 Å². The number of nitrogens with one attached hydrogen (secondary N) is 1. The van der Waals surface area contributed by atoms with Crippen molar-refractivity contribution in [3.63, 3.8) is 0 Å². The number of anilines is 3. The number of sulfonamides is 1. The van der Waals surface area contributed by atoms with Gasteiger partial charge in [0.05, 0.1) is 16.9 Å². The molecule has 1 unspecified atom stereocenters. The van der Waals surface area contributed by atoms with E-state index >= 15 is 0 Å². The predicted octanol–water partition coefficient (Wildman–Crippen LogP) is 3.48. The standard InChI is InChI=1S/C30H34N6O3S/c1-21-17-22(2)26(33-24-11-12-36(20-24)27-8-4-3-7-23(27)19-31)18-25(21)30(37)35-15-13-34(14-16-35)28-9-5-6-10-29(28)40(32,38)39/h3-10,17-18,24,33H,11-16,20H2,1-2H3,(H2,32,38,39). The molecular weight excluding hydrogens is 524 g/mol. The van der Waals surface area contributed by atoms with Crippen LogP contribution in [0.3, 0.4) is 0 Å². The molecule has 2 fully saturated rings. The molecular formula is C30H34N6O3S. The third-order valence-electron chi connectivity index (χ3n) is 7.79. The maximum Gasteiger partial charge on any atom is 0.254 e. The number of carbonyl (C=O) groups is 1. The van der Waals surface area contributed by atoms with Gasteiger partial charge in [-0.1, -0.05) is 30.3 Å². The average Bonchev–Trinajstić information content (AvgIpc) is 3.42. The van der Waals surface area contributed by atoms with E-state index in [1.165, 1.54) is 6.07 Å². The summed E-state index contributed by atoms with van der Waals surface area (Å²) < 4.78 is 24.1. The van der Waals surface area contributed by atoms with Crippen LogP contribution in [-0.4, -0.2) is 64.5 Å². The first-order valence-electron chi connectivity index (χ1n) is 13.4. The molecule has 1 amide bonds. The molecule has 208 valence electrons. The Balaban J connectivity index is 1.27. The van der Waals surface area contributed by atoms with Crippen molar-refractivity contribution in [1.82, 2.24) is 4.90 Å². The van der Waals surface area contributed by atoms with E-state index < -0.39 is 10.0 Å². The predicted molar refractivity (Wildman–Crippen MR) is 157 cm³/mol. The molecule has 3 aromatic rings. The maximum absolute atomic E-state index is 13.6. The van der Waals surface area contributed by atoms with Gasteiger partial charge < -0.3 is 20.0 Å². The number of hydrogen-bond donors (Lipinski definition) is 2. The van der Waals surface area contributed by atoms with Crippen molar-refractivity contribution in [1.29, 1.82) is 5.26 Å². The monoisotopic (exact) mass is 558 g/mol. The molecule has 10 heteroatoms. The number of carbonyl (C=O) groups excluding carboxylic acids is 1. The Morgan fingerprint density at radius 3 is 2.30 bits per heavy atom. The summed E-state index contributed by atoms with van der Waals surface area (Å²) in [7, 11) is -3.85. The highest BCUT2D eigenvalue weighted by atomic mass is 32.2. The Morgan fingerprint density at radius 2 is 1.60 bits per heavy atom. The van der Waals surface area contributed by atoms with Gasteiger partial charge in [-0.05, 0) is 61.7 Å². The van der Waals surface area contributed by atoms with Crippen molar-refractivity contribution in [3.05, 3.63) is 82.9 Å². The fourth-order valence-electron chi connectivity index (χ4n) is 5.68. The SMILES string of the molecule is Cc1cc(C)c(C(=O)N2CCN(c3ccccc3S(N)(=O)=O)CC2)cc1NC1CCN(c2ccccc2C#N)C1. The molecule has 3 N–H and O–H groups in total. The van der Waals surface area contributed by atoms with Crippen molar-refractivity contribution in [3.8, 4) is 6.07 Å². The smallest absolute Gasteiger partial charge is 0.254 e. The number of nitriles is 1. The molecule has 9 nitrogen and oxygen atoms in total. The second-order valence-electron chi connectivity index (χ2n) is 10.5. The van der Waals surface area contributed by atoms with Gasteiger partial charge in [0, 0.05) is 56.6 Å². The molecule has 0 radical (unpaired) electrons. The lowest BCUT2D eigenvalue weighted by atomic mass is 10.0.